The van der Waals surface area contributed by atoms with Crippen LogP contribution in [-0.4, -0.2) is 30.6 Å². The van der Waals surface area contributed by atoms with Crippen molar-refractivity contribution in [3.05, 3.63) is 63.7 Å². The largest absolute Gasteiger partial charge is 0.497 e. The molecule has 1 amide bonds. The molecule has 0 aromatic heterocycles. The molecule has 0 spiro atoms. The van der Waals surface area contributed by atoms with E-state index in [0.29, 0.717) is 13.0 Å². The first kappa shape index (κ1) is 19.2. The second-order valence-electron chi connectivity index (χ2n) is 5.88. The highest BCUT2D eigenvalue weighted by Crippen LogP contribution is 2.28. The van der Waals surface area contributed by atoms with Crippen LogP contribution >= 0.6 is 0 Å². The molecule has 2 aromatic rings. The van der Waals surface area contributed by atoms with Crippen LogP contribution in [0.3, 0.4) is 0 Å². The van der Waals surface area contributed by atoms with Crippen molar-refractivity contribution in [3.63, 3.8) is 0 Å². The predicted octanol–water partition coefficient (Wildman–Crippen LogP) is 3.04. The molecule has 1 atom stereocenters. The zero-order valence-corrected chi connectivity index (χ0v) is 15.0. The van der Waals surface area contributed by atoms with Crippen LogP contribution < -0.4 is 14.8 Å². The molecule has 0 aliphatic heterocycles. The number of methoxy groups -OCH3 is 1. The molecule has 0 aliphatic rings. The number of amides is 1. The van der Waals surface area contributed by atoms with E-state index < -0.39 is 11.0 Å². The number of hydrogen-bond acceptors (Lipinski definition) is 5. The molecule has 2 rings (SSSR count). The Kier molecular flexibility index (Phi) is 6.54. The molecule has 0 bridgehead atoms. The SMILES string of the molecule is COc1ccc(CCNC(=O)[C@H](C)Oc2ccc(C)cc2[N+](=O)[O-])cc1. The number of nitrogens with one attached hydrogen (secondary N) is 1. The van der Waals surface area contributed by atoms with Crippen molar-refractivity contribution in [2.24, 2.45) is 0 Å². The second kappa shape index (κ2) is 8.84. The summed E-state index contributed by atoms with van der Waals surface area (Å²) < 4.78 is 10.6. The summed E-state index contributed by atoms with van der Waals surface area (Å²) in [5.41, 5.74) is 1.66. The number of nitro groups is 1. The fraction of sp³-hybridized carbons (Fsp3) is 0.316. The molecule has 0 fully saturated rings. The van der Waals surface area contributed by atoms with Crippen LogP contribution in [0.25, 0.3) is 0 Å². The lowest BCUT2D eigenvalue weighted by molar-refractivity contribution is -0.386. The highest BCUT2D eigenvalue weighted by Gasteiger charge is 2.21. The third-order valence-corrected chi connectivity index (χ3v) is 3.86. The molecule has 26 heavy (non-hydrogen) atoms. The van der Waals surface area contributed by atoms with Crippen molar-refractivity contribution in [1.29, 1.82) is 0 Å². The van der Waals surface area contributed by atoms with E-state index in [-0.39, 0.29) is 17.3 Å². The van der Waals surface area contributed by atoms with E-state index in [2.05, 4.69) is 5.32 Å². The summed E-state index contributed by atoms with van der Waals surface area (Å²) >= 11 is 0. The van der Waals surface area contributed by atoms with Gasteiger partial charge in [-0.15, -0.1) is 0 Å². The number of carbonyl (C=O) groups is 1. The Morgan fingerprint density at radius 3 is 2.54 bits per heavy atom. The summed E-state index contributed by atoms with van der Waals surface area (Å²) in [6, 6.07) is 12.2. The van der Waals surface area contributed by atoms with Gasteiger partial charge >= 0.3 is 5.69 Å². The van der Waals surface area contributed by atoms with Crippen molar-refractivity contribution in [3.8, 4) is 11.5 Å². The van der Waals surface area contributed by atoms with Crippen LogP contribution in [0.2, 0.25) is 0 Å². The van der Waals surface area contributed by atoms with E-state index in [4.69, 9.17) is 9.47 Å². The zero-order chi connectivity index (χ0) is 19.1. The first-order valence-corrected chi connectivity index (χ1v) is 8.23. The first-order chi connectivity index (χ1) is 12.4. The van der Waals surface area contributed by atoms with Crippen LogP contribution in [0.4, 0.5) is 5.69 Å². The third kappa shape index (κ3) is 5.20. The molecule has 0 aliphatic carbocycles. The lowest BCUT2D eigenvalue weighted by atomic mass is 10.1. The number of rotatable bonds is 8. The number of hydrogen-bond donors (Lipinski definition) is 1. The minimum atomic E-state index is -0.840. The predicted molar refractivity (Wildman–Crippen MR) is 97.6 cm³/mol. The van der Waals surface area contributed by atoms with E-state index in [9.17, 15) is 14.9 Å². The van der Waals surface area contributed by atoms with Crippen molar-refractivity contribution < 1.29 is 19.2 Å². The maximum atomic E-state index is 12.2. The van der Waals surface area contributed by atoms with Crippen molar-refractivity contribution in [1.82, 2.24) is 5.32 Å². The topological polar surface area (TPSA) is 90.7 Å². The van der Waals surface area contributed by atoms with Gasteiger partial charge in [0.05, 0.1) is 12.0 Å². The molecule has 2 aromatic carbocycles. The summed E-state index contributed by atoms with van der Waals surface area (Å²) in [6.07, 6.45) is -0.181. The number of aryl methyl sites for hydroxylation is 1. The second-order valence-corrected chi connectivity index (χ2v) is 5.88. The van der Waals surface area contributed by atoms with Crippen molar-refractivity contribution >= 4 is 11.6 Å². The molecule has 0 radical (unpaired) electrons. The smallest absolute Gasteiger partial charge is 0.311 e. The van der Waals surface area contributed by atoms with E-state index >= 15 is 0 Å². The van der Waals surface area contributed by atoms with Gasteiger partial charge in [0, 0.05) is 12.6 Å². The Labute approximate surface area is 152 Å². The Bertz CT molecular complexity index is 774. The normalized spacial score (nSPS) is 11.5. The molecule has 138 valence electrons. The molecule has 1 N–H and O–H groups in total. The minimum absolute atomic E-state index is 0.0819. The lowest BCUT2D eigenvalue weighted by Gasteiger charge is -2.15. The van der Waals surface area contributed by atoms with Gasteiger partial charge in [0.2, 0.25) is 0 Å². The van der Waals surface area contributed by atoms with Gasteiger partial charge in [-0.1, -0.05) is 18.2 Å². The van der Waals surface area contributed by atoms with Gasteiger partial charge in [-0.05, 0) is 49.6 Å². The third-order valence-electron chi connectivity index (χ3n) is 3.86. The average Bonchev–Trinajstić information content (AvgIpc) is 2.63. The van der Waals surface area contributed by atoms with Crippen LogP contribution in [0.15, 0.2) is 42.5 Å². The lowest BCUT2D eigenvalue weighted by Crippen LogP contribution is -2.37. The van der Waals surface area contributed by atoms with Gasteiger partial charge in [-0.2, -0.15) is 0 Å². The molecule has 0 unspecified atom stereocenters. The van der Waals surface area contributed by atoms with Crippen LogP contribution in [0, 0.1) is 17.0 Å². The molecule has 0 saturated carbocycles. The number of carbonyl (C=O) groups excluding carboxylic acids is 1. The fourth-order valence-electron chi connectivity index (χ4n) is 2.38. The van der Waals surface area contributed by atoms with Gasteiger partial charge in [-0.25, -0.2) is 0 Å². The Balaban J connectivity index is 1.88. The van der Waals surface area contributed by atoms with Crippen LogP contribution in [0.5, 0.6) is 11.5 Å². The molecule has 0 saturated heterocycles. The standard InChI is InChI=1S/C19H22N2O5/c1-13-4-9-18(17(12-13)21(23)24)26-14(2)19(22)20-11-10-15-5-7-16(25-3)8-6-15/h4-9,12,14H,10-11H2,1-3H3,(H,20,22)/t14-/m0/s1. The summed E-state index contributed by atoms with van der Waals surface area (Å²) in [4.78, 5) is 22.8. The van der Waals surface area contributed by atoms with E-state index in [1.54, 1.807) is 27.0 Å². The molecule has 0 heterocycles. The monoisotopic (exact) mass is 358 g/mol. The number of ether oxygens (including phenoxy) is 2. The van der Waals surface area contributed by atoms with Gasteiger partial charge in [0.25, 0.3) is 5.91 Å². The number of benzene rings is 2. The first-order valence-electron chi connectivity index (χ1n) is 8.23. The van der Waals surface area contributed by atoms with Crippen molar-refractivity contribution in [2.45, 2.75) is 26.4 Å². The molecule has 7 heteroatoms. The highest BCUT2D eigenvalue weighted by atomic mass is 16.6. The van der Waals surface area contributed by atoms with Crippen LogP contribution in [-0.2, 0) is 11.2 Å². The molecule has 7 nitrogen and oxygen atoms in total. The Morgan fingerprint density at radius 2 is 1.92 bits per heavy atom. The van der Waals surface area contributed by atoms with E-state index in [0.717, 1.165) is 16.9 Å². The highest BCUT2D eigenvalue weighted by molar-refractivity contribution is 5.80. The summed E-state index contributed by atoms with van der Waals surface area (Å²) in [5, 5.41) is 13.9. The number of nitrogens with zero attached hydrogens (tertiary/aromatic N) is 1. The quantitative estimate of drug-likeness (QED) is 0.578. The van der Waals surface area contributed by atoms with Gasteiger partial charge in [-0.3, -0.25) is 14.9 Å². The fourth-order valence-corrected chi connectivity index (χ4v) is 2.38. The molecular formula is C19H22N2O5. The Hall–Kier alpha value is -3.09. The van der Waals surface area contributed by atoms with Crippen molar-refractivity contribution in [2.75, 3.05) is 13.7 Å². The molecular weight excluding hydrogens is 336 g/mol. The van der Waals surface area contributed by atoms with E-state index in [1.165, 1.54) is 12.1 Å². The van der Waals surface area contributed by atoms with E-state index in [1.807, 2.05) is 24.3 Å². The van der Waals surface area contributed by atoms with Gasteiger partial charge in [0.15, 0.2) is 11.9 Å². The van der Waals surface area contributed by atoms with Gasteiger partial charge < -0.3 is 14.8 Å². The van der Waals surface area contributed by atoms with Gasteiger partial charge in [0.1, 0.15) is 5.75 Å². The Morgan fingerprint density at radius 1 is 1.23 bits per heavy atom. The minimum Gasteiger partial charge on any atom is -0.497 e. The maximum absolute atomic E-state index is 12.2. The summed E-state index contributed by atoms with van der Waals surface area (Å²) in [5.74, 6) is 0.534. The summed E-state index contributed by atoms with van der Waals surface area (Å²) in [6.45, 7) is 3.76. The zero-order valence-electron chi connectivity index (χ0n) is 15.0. The number of nitro benzene ring substituents is 1. The maximum Gasteiger partial charge on any atom is 0.311 e. The average molecular weight is 358 g/mol. The summed E-state index contributed by atoms with van der Waals surface area (Å²) in [7, 11) is 1.61. The van der Waals surface area contributed by atoms with Crippen LogP contribution in [0.1, 0.15) is 18.1 Å².